The zero-order chi connectivity index (χ0) is 9.84. The monoisotopic (exact) mass is 183 g/mol. The van der Waals surface area contributed by atoms with E-state index in [9.17, 15) is 9.90 Å². The molecule has 0 saturated carbocycles. The molecule has 1 saturated heterocycles. The maximum atomic E-state index is 10.6. The fourth-order valence-corrected chi connectivity index (χ4v) is 1.58. The highest BCUT2D eigenvalue weighted by molar-refractivity contribution is 5.65. The normalized spacial score (nSPS) is 24.9. The molecule has 0 aromatic heterocycles. The Bertz CT molecular complexity index is 234. The molecule has 2 N–H and O–H groups in total. The molecule has 0 bridgehead atoms. The number of terminal acetylenes is 1. The molecule has 2 unspecified atom stereocenters. The second-order valence-electron chi connectivity index (χ2n) is 3.24. The molecule has 2 atom stereocenters. The highest BCUT2D eigenvalue weighted by atomic mass is 16.4. The molecule has 1 fully saturated rings. The average molecular weight is 183 g/mol. The first-order chi connectivity index (χ1) is 6.15. The largest absolute Gasteiger partial charge is 0.465 e. The predicted octanol–water partition coefficient (Wildman–Crippen LogP) is 0.371. The lowest BCUT2D eigenvalue weighted by atomic mass is 9.93. The lowest BCUT2D eigenvalue weighted by Crippen LogP contribution is -2.42. The molecule has 72 valence electrons. The second kappa shape index (κ2) is 4.15. The summed E-state index contributed by atoms with van der Waals surface area (Å²) < 4.78 is 0. The van der Waals surface area contributed by atoms with Crippen molar-refractivity contribution in [3.8, 4) is 12.3 Å². The second-order valence-corrected chi connectivity index (χ2v) is 3.24. The van der Waals surface area contributed by atoms with E-state index in [0.29, 0.717) is 13.1 Å². The maximum absolute atomic E-state index is 10.6. The molecule has 1 rings (SSSR count). The van der Waals surface area contributed by atoms with Crippen molar-refractivity contribution in [2.45, 2.75) is 18.9 Å². The van der Waals surface area contributed by atoms with Gasteiger partial charge in [0.25, 0.3) is 0 Å². The number of aliphatic hydroxyl groups excluding tert-OH is 1. The van der Waals surface area contributed by atoms with Gasteiger partial charge in [0.2, 0.25) is 0 Å². The van der Waals surface area contributed by atoms with Gasteiger partial charge in [0, 0.05) is 19.0 Å². The Balaban J connectivity index is 2.52. The Kier molecular flexibility index (Phi) is 3.15. The van der Waals surface area contributed by atoms with Crippen molar-refractivity contribution in [1.29, 1.82) is 0 Å². The molecule has 0 aliphatic carbocycles. The van der Waals surface area contributed by atoms with Gasteiger partial charge in [-0.2, -0.15) is 0 Å². The number of hydrogen-bond acceptors (Lipinski definition) is 2. The van der Waals surface area contributed by atoms with Gasteiger partial charge in [0.15, 0.2) is 0 Å². The summed E-state index contributed by atoms with van der Waals surface area (Å²) in [6, 6.07) is 0. The van der Waals surface area contributed by atoms with Crippen molar-refractivity contribution in [1.82, 2.24) is 4.90 Å². The first-order valence-electron chi connectivity index (χ1n) is 4.27. The Morgan fingerprint density at radius 2 is 2.38 bits per heavy atom. The van der Waals surface area contributed by atoms with Gasteiger partial charge in [-0.05, 0) is 12.8 Å². The first kappa shape index (κ1) is 9.87. The molecule has 4 heteroatoms. The molecule has 0 aromatic carbocycles. The smallest absolute Gasteiger partial charge is 0.407 e. The lowest BCUT2D eigenvalue weighted by molar-refractivity contribution is 0.0783. The van der Waals surface area contributed by atoms with Crippen molar-refractivity contribution < 1.29 is 15.0 Å². The third kappa shape index (κ3) is 2.36. The van der Waals surface area contributed by atoms with Gasteiger partial charge in [-0.3, -0.25) is 0 Å². The zero-order valence-electron chi connectivity index (χ0n) is 7.31. The molecule has 1 heterocycles. The maximum Gasteiger partial charge on any atom is 0.407 e. The number of likely N-dealkylation sites (tertiary alicyclic amines) is 1. The van der Waals surface area contributed by atoms with Crippen LogP contribution in [0.2, 0.25) is 0 Å². The number of nitrogens with zero attached hydrogens (tertiary/aromatic N) is 1. The van der Waals surface area contributed by atoms with Crippen LogP contribution in [0.5, 0.6) is 0 Å². The summed E-state index contributed by atoms with van der Waals surface area (Å²) in [4.78, 5) is 11.9. The van der Waals surface area contributed by atoms with Crippen LogP contribution >= 0.6 is 0 Å². The highest BCUT2D eigenvalue weighted by Gasteiger charge is 2.27. The number of amides is 1. The number of carboxylic acid groups (broad SMARTS) is 1. The quantitative estimate of drug-likeness (QED) is 0.577. The third-order valence-electron chi connectivity index (χ3n) is 2.35. The van der Waals surface area contributed by atoms with Crippen molar-refractivity contribution in [2.75, 3.05) is 13.1 Å². The van der Waals surface area contributed by atoms with Crippen LogP contribution in [0.15, 0.2) is 0 Å². The Labute approximate surface area is 77.2 Å². The summed E-state index contributed by atoms with van der Waals surface area (Å²) >= 11 is 0. The van der Waals surface area contributed by atoms with E-state index in [2.05, 4.69) is 5.92 Å². The van der Waals surface area contributed by atoms with Crippen LogP contribution in [-0.4, -0.2) is 40.4 Å². The topological polar surface area (TPSA) is 60.8 Å². The standard InChI is InChI=1S/C9H13NO3/c1-2-8(11)7-4-3-5-10(6-7)9(12)13/h1,7-8,11H,3-6H2,(H,12,13). The molecule has 13 heavy (non-hydrogen) atoms. The molecule has 0 spiro atoms. The van der Waals surface area contributed by atoms with Crippen molar-refractivity contribution >= 4 is 6.09 Å². The number of hydrogen-bond donors (Lipinski definition) is 2. The molecule has 1 aliphatic heterocycles. The van der Waals surface area contributed by atoms with E-state index in [0.717, 1.165) is 12.8 Å². The molecular formula is C9H13NO3. The van der Waals surface area contributed by atoms with Crippen LogP contribution in [0.4, 0.5) is 4.79 Å². The minimum absolute atomic E-state index is 0.102. The highest BCUT2D eigenvalue weighted by Crippen LogP contribution is 2.19. The van der Waals surface area contributed by atoms with Crippen molar-refractivity contribution in [3.63, 3.8) is 0 Å². The van der Waals surface area contributed by atoms with Crippen molar-refractivity contribution in [3.05, 3.63) is 0 Å². The Hall–Kier alpha value is -1.21. The molecule has 4 nitrogen and oxygen atoms in total. The zero-order valence-corrected chi connectivity index (χ0v) is 7.31. The van der Waals surface area contributed by atoms with Crippen LogP contribution < -0.4 is 0 Å². The minimum atomic E-state index is -0.936. The fourth-order valence-electron chi connectivity index (χ4n) is 1.58. The average Bonchev–Trinajstić information content (AvgIpc) is 2.17. The van der Waals surface area contributed by atoms with E-state index in [1.165, 1.54) is 4.90 Å². The summed E-state index contributed by atoms with van der Waals surface area (Å²) in [5.74, 6) is 2.13. The molecule has 1 aliphatic rings. The lowest BCUT2D eigenvalue weighted by Gasteiger charge is -2.31. The van der Waals surface area contributed by atoms with Gasteiger partial charge in [0.1, 0.15) is 6.10 Å². The van der Waals surface area contributed by atoms with Gasteiger partial charge in [-0.15, -0.1) is 6.42 Å². The molecular weight excluding hydrogens is 170 g/mol. The molecule has 0 radical (unpaired) electrons. The summed E-state index contributed by atoms with van der Waals surface area (Å²) in [5, 5.41) is 18.0. The summed E-state index contributed by atoms with van der Waals surface area (Å²) in [6.07, 6.45) is 4.88. The molecule has 1 amide bonds. The number of aliphatic hydroxyl groups is 1. The van der Waals surface area contributed by atoms with E-state index in [1.54, 1.807) is 0 Å². The van der Waals surface area contributed by atoms with Gasteiger partial charge in [-0.25, -0.2) is 4.79 Å². The van der Waals surface area contributed by atoms with Gasteiger partial charge >= 0.3 is 6.09 Å². The minimum Gasteiger partial charge on any atom is -0.465 e. The van der Waals surface area contributed by atoms with Gasteiger partial charge < -0.3 is 15.1 Å². The van der Waals surface area contributed by atoms with E-state index >= 15 is 0 Å². The number of piperidine rings is 1. The Morgan fingerprint density at radius 1 is 1.69 bits per heavy atom. The van der Waals surface area contributed by atoms with Crippen LogP contribution in [-0.2, 0) is 0 Å². The number of carbonyl (C=O) groups is 1. The van der Waals surface area contributed by atoms with Crippen molar-refractivity contribution in [2.24, 2.45) is 5.92 Å². The third-order valence-corrected chi connectivity index (χ3v) is 2.35. The summed E-state index contributed by atoms with van der Waals surface area (Å²) in [6.45, 7) is 0.893. The van der Waals surface area contributed by atoms with Crippen LogP contribution in [0.25, 0.3) is 0 Å². The molecule has 0 aromatic rings. The van der Waals surface area contributed by atoms with Gasteiger partial charge in [-0.1, -0.05) is 5.92 Å². The van der Waals surface area contributed by atoms with E-state index in [4.69, 9.17) is 11.5 Å². The van der Waals surface area contributed by atoms with Crippen LogP contribution in [0, 0.1) is 18.3 Å². The summed E-state index contributed by atoms with van der Waals surface area (Å²) in [7, 11) is 0. The van der Waals surface area contributed by atoms with E-state index < -0.39 is 12.2 Å². The van der Waals surface area contributed by atoms with E-state index in [1.807, 2.05) is 0 Å². The fraction of sp³-hybridized carbons (Fsp3) is 0.667. The SMILES string of the molecule is C#CC(O)C1CCCN(C(=O)O)C1. The summed E-state index contributed by atoms with van der Waals surface area (Å²) in [5.41, 5.74) is 0. The van der Waals surface area contributed by atoms with Crippen LogP contribution in [0.1, 0.15) is 12.8 Å². The van der Waals surface area contributed by atoms with Crippen LogP contribution in [0.3, 0.4) is 0 Å². The first-order valence-corrected chi connectivity index (χ1v) is 4.27. The van der Waals surface area contributed by atoms with Gasteiger partial charge in [0.05, 0.1) is 0 Å². The predicted molar refractivity (Wildman–Crippen MR) is 47.2 cm³/mol. The Morgan fingerprint density at radius 3 is 2.92 bits per heavy atom. The van der Waals surface area contributed by atoms with E-state index in [-0.39, 0.29) is 5.92 Å². The number of rotatable bonds is 1.